The first-order valence-corrected chi connectivity index (χ1v) is 7.81. The number of thioether (sulfide) groups is 1. The molecule has 1 aliphatic heterocycles. The smallest absolute Gasteiger partial charge is 0.0144 e. The molecule has 94 valence electrons. The van der Waals surface area contributed by atoms with Crippen LogP contribution in [0.15, 0.2) is 24.3 Å². The van der Waals surface area contributed by atoms with Crippen LogP contribution in [0.4, 0.5) is 0 Å². The third kappa shape index (κ3) is 3.75. The van der Waals surface area contributed by atoms with Crippen molar-refractivity contribution in [3.8, 4) is 0 Å². The fraction of sp³-hybridized carbons (Fsp3) is 0.600. The molecule has 0 aliphatic carbocycles. The van der Waals surface area contributed by atoms with E-state index >= 15 is 0 Å². The van der Waals surface area contributed by atoms with E-state index < -0.39 is 0 Å². The third-order valence-corrected chi connectivity index (χ3v) is 4.76. The largest absolute Gasteiger partial charge is 0.314 e. The van der Waals surface area contributed by atoms with Crippen LogP contribution < -0.4 is 5.32 Å². The highest BCUT2D eigenvalue weighted by Gasteiger charge is 2.24. The van der Waals surface area contributed by atoms with Crippen molar-refractivity contribution >= 4 is 11.8 Å². The molecule has 1 N–H and O–H groups in total. The van der Waals surface area contributed by atoms with Gasteiger partial charge in [0.25, 0.3) is 0 Å². The maximum atomic E-state index is 3.67. The second-order valence-corrected chi connectivity index (χ2v) is 6.13. The molecule has 0 bridgehead atoms. The van der Waals surface area contributed by atoms with Gasteiger partial charge in [-0.15, -0.1) is 0 Å². The van der Waals surface area contributed by atoms with Crippen molar-refractivity contribution in [1.82, 2.24) is 5.32 Å². The van der Waals surface area contributed by atoms with Crippen molar-refractivity contribution in [2.45, 2.75) is 32.7 Å². The Morgan fingerprint density at radius 3 is 2.71 bits per heavy atom. The second-order valence-electron chi connectivity index (χ2n) is 4.98. The van der Waals surface area contributed by atoms with Crippen LogP contribution in [-0.4, -0.2) is 24.1 Å². The van der Waals surface area contributed by atoms with Crippen LogP contribution in [0.25, 0.3) is 0 Å². The Balaban J connectivity index is 1.98. The van der Waals surface area contributed by atoms with Gasteiger partial charge in [0.1, 0.15) is 0 Å². The van der Waals surface area contributed by atoms with Gasteiger partial charge < -0.3 is 5.32 Å². The van der Waals surface area contributed by atoms with Gasteiger partial charge in [0.2, 0.25) is 0 Å². The zero-order valence-electron chi connectivity index (χ0n) is 10.9. The van der Waals surface area contributed by atoms with E-state index in [4.69, 9.17) is 0 Å². The molecule has 0 saturated carbocycles. The molecule has 0 amide bonds. The molecular formula is C15H23NS. The summed E-state index contributed by atoms with van der Waals surface area (Å²) < 4.78 is 0. The van der Waals surface area contributed by atoms with E-state index in [1.165, 1.54) is 35.5 Å². The van der Waals surface area contributed by atoms with E-state index in [9.17, 15) is 0 Å². The number of aryl methyl sites for hydroxylation is 1. The van der Waals surface area contributed by atoms with Crippen LogP contribution in [-0.2, 0) is 6.42 Å². The van der Waals surface area contributed by atoms with E-state index in [2.05, 4.69) is 55.2 Å². The molecule has 17 heavy (non-hydrogen) atoms. The summed E-state index contributed by atoms with van der Waals surface area (Å²) >= 11 is 2.11. The number of likely N-dealkylation sites (N-methyl/N-ethyl adjacent to an activating group) is 1. The van der Waals surface area contributed by atoms with Gasteiger partial charge in [0.05, 0.1) is 0 Å². The Bertz CT molecular complexity index is 327. The number of benzene rings is 1. The lowest BCUT2D eigenvalue weighted by molar-refractivity contribution is 0.387. The minimum absolute atomic E-state index is 0.665. The molecule has 0 spiro atoms. The number of rotatable bonds is 5. The number of hydrogen-bond acceptors (Lipinski definition) is 2. The normalized spacial score (nSPS) is 21.6. The standard InChI is InChI=1S/C15H23NS/c1-3-16-15(14-8-9-17-11-14)10-13-6-4-12(2)5-7-13/h4-7,14-16H,3,8-11H2,1-2H3. The van der Waals surface area contributed by atoms with Gasteiger partial charge in [0.15, 0.2) is 0 Å². The highest BCUT2D eigenvalue weighted by molar-refractivity contribution is 7.99. The van der Waals surface area contributed by atoms with Gasteiger partial charge in [-0.2, -0.15) is 11.8 Å². The van der Waals surface area contributed by atoms with Crippen LogP contribution >= 0.6 is 11.8 Å². The Hall–Kier alpha value is -0.470. The molecule has 1 aliphatic rings. The summed E-state index contributed by atoms with van der Waals surface area (Å²) in [5.74, 6) is 3.55. The van der Waals surface area contributed by atoms with Crippen molar-refractivity contribution < 1.29 is 0 Å². The SMILES string of the molecule is CCNC(Cc1ccc(C)cc1)C1CCSC1. The summed E-state index contributed by atoms with van der Waals surface area (Å²) in [4.78, 5) is 0. The zero-order valence-corrected chi connectivity index (χ0v) is 11.7. The van der Waals surface area contributed by atoms with E-state index in [0.717, 1.165) is 12.5 Å². The lowest BCUT2D eigenvalue weighted by Crippen LogP contribution is -2.38. The van der Waals surface area contributed by atoms with Crippen molar-refractivity contribution in [3.63, 3.8) is 0 Å². The third-order valence-electron chi connectivity index (χ3n) is 3.58. The molecule has 2 unspecified atom stereocenters. The van der Waals surface area contributed by atoms with Crippen molar-refractivity contribution in [1.29, 1.82) is 0 Å². The Morgan fingerprint density at radius 2 is 2.12 bits per heavy atom. The Kier molecular flexibility index (Phi) is 4.93. The number of nitrogens with one attached hydrogen (secondary N) is 1. The van der Waals surface area contributed by atoms with Gasteiger partial charge in [-0.1, -0.05) is 36.8 Å². The van der Waals surface area contributed by atoms with E-state index in [1.54, 1.807) is 0 Å². The quantitative estimate of drug-likeness (QED) is 0.859. The van der Waals surface area contributed by atoms with Crippen LogP contribution in [0.5, 0.6) is 0 Å². The van der Waals surface area contributed by atoms with Crippen molar-refractivity contribution in [2.75, 3.05) is 18.1 Å². The van der Waals surface area contributed by atoms with Crippen LogP contribution in [0.2, 0.25) is 0 Å². The predicted octanol–water partition coefficient (Wildman–Crippen LogP) is 3.27. The first kappa shape index (κ1) is 13.0. The Morgan fingerprint density at radius 1 is 1.35 bits per heavy atom. The maximum Gasteiger partial charge on any atom is 0.0144 e. The summed E-state index contributed by atoms with van der Waals surface area (Å²) in [6.45, 7) is 5.45. The first-order chi connectivity index (χ1) is 8.29. The second kappa shape index (κ2) is 6.46. The topological polar surface area (TPSA) is 12.0 Å². The molecule has 1 saturated heterocycles. The van der Waals surface area contributed by atoms with Gasteiger partial charge in [-0.25, -0.2) is 0 Å². The molecule has 1 aromatic rings. The van der Waals surface area contributed by atoms with Gasteiger partial charge in [-0.3, -0.25) is 0 Å². The predicted molar refractivity (Wildman–Crippen MR) is 77.8 cm³/mol. The van der Waals surface area contributed by atoms with Gasteiger partial charge in [-0.05, 0) is 49.3 Å². The van der Waals surface area contributed by atoms with Gasteiger partial charge >= 0.3 is 0 Å². The van der Waals surface area contributed by atoms with Crippen molar-refractivity contribution in [2.24, 2.45) is 5.92 Å². The van der Waals surface area contributed by atoms with E-state index in [1.807, 2.05) is 0 Å². The van der Waals surface area contributed by atoms with E-state index in [-0.39, 0.29) is 0 Å². The highest BCUT2D eigenvalue weighted by atomic mass is 32.2. The minimum atomic E-state index is 0.665. The lowest BCUT2D eigenvalue weighted by atomic mass is 9.92. The van der Waals surface area contributed by atoms with E-state index in [0.29, 0.717) is 6.04 Å². The molecule has 2 heteroatoms. The van der Waals surface area contributed by atoms with Crippen LogP contribution in [0.1, 0.15) is 24.5 Å². The fourth-order valence-electron chi connectivity index (χ4n) is 2.52. The Labute approximate surface area is 109 Å². The molecule has 2 rings (SSSR count). The highest BCUT2D eigenvalue weighted by Crippen LogP contribution is 2.27. The summed E-state index contributed by atoms with van der Waals surface area (Å²) in [7, 11) is 0. The van der Waals surface area contributed by atoms with Crippen LogP contribution in [0, 0.1) is 12.8 Å². The molecule has 2 atom stereocenters. The number of hydrogen-bond donors (Lipinski definition) is 1. The summed E-state index contributed by atoms with van der Waals surface area (Å²) in [6.07, 6.45) is 2.56. The minimum Gasteiger partial charge on any atom is -0.314 e. The van der Waals surface area contributed by atoms with Crippen molar-refractivity contribution in [3.05, 3.63) is 35.4 Å². The molecule has 0 aromatic heterocycles. The monoisotopic (exact) mass is 249 g/mol. The molecular weight excluding hydrogens is 226 g/mol. The molecule has 1 heterocycles. The molecule has 1 fully saturated rings. The summed E-state index contributed by atoms with van der Waals surface area (Å²) in [6, 6.07) is 9.67. The first-order valence-electron chi connectivity index (χ1n) is 6.66. The average molecular weight is 249 g/mol. The maximum absolute atomic E-state index is 3.67. The lowest BCUT2D eigenvalue weighted by Gasteiger charge is -2.24. The summed E-state index contributed by atoms with van der Waals surface area (Å²) in [5, 5.41) is 3.67. The van der Waals surface area contributed by atoms with Gasteiger partial charge in [0, 0.05) is 6.04 Å². The fourth-order valence-corrected chi connectivity index (χ4v) is 3.85. The average Bonchev–Trinajstić information content (AvgIpc) is 2.85. The molecule has 0 radical (unpaired) electrons. The molecule has 1 aromatic carbocycles. The molecule has 1 nitrogen and oxygen atoms in total. The zero-order chi connectivity index (χ0) is 12.1. The summed E-state index contributed by atoms with van der Waals surface area (Å²) in [5.41, 5.74) is 2.82. The van der Waals surface area contributed by atoms with Crippen LogP contribution in [0.3, 0.4) is 0 Å².